The maximum Gasteiger partial charge on any atom is 0.332 e. The first-order valence-corrected chi connectivity index (χ1v) is 5.56. The van der Waals surface area contributed by atoms with Crippen molar-refractivity contribution in [3.8, 4) is 0 Å². The molecule has 0 aliphatic carbocycles. The van der Waals surface area contributed by atoms with Crippen molar-refractivity contribution in [1.82, 2.24) is 4.98 Å². The number of nitrogens with zero attached hydrogens (tertiary/aromatic N) is 1. The zero-order valence-corrected chi connectivity index (χ0v) is 10.5. The number of rotatable bonds is 5. The Morgan fingerprint density at radius 2 is 2.38 bits per heavy atom. The molecule has 5 nitrogen and oxygen atoms in total. The molecule has 0 saturated carbocycles. The van der Waals surface area contributed by atoms with Crippen LogP contribution in [0.3, 0.4) is 0 Å². The van der Waals surface area contributed by atoms with Crippen molar-refractivity contribution in [3.63, 3.8) is 0 Å². The van der Waals surface area contributed by atoms with Crippen molar-refractivity contribution in [2.24, 2.45) is 0 Å². The number of nitrogens with two attached hydrogens (primary N) is 1. The summed E-state index contributed by atoms with van der Waals surface area (Å²) < 4.78 is 10.7. The molecule has 0 aliphatic rings. The molecule has 88 valence electrons. The fraction of sp³-hybridized carbons (Fsp3) is 0.400. The number of ether oxygens (including phenoxy) is 2. The van der Waals surface area contributed by atoms with E-state index < -0.39 is 0 Å². The second-order valence-corrected chi connectivity index (χ2v) is 3.91. The van der Waals surface area contributed by atoms with E-state index in [4.69, 9.17) is 15.2 Å². The molecule has 0 unspecified atom stereocenters. The quantitative estimate of drug-likeness (QED) is 0.832. The van der Waals surface area contributed by atoms with Gasteiger partial charge in [-0.2, -0.15) is 0 Å². The molecule has 0 bridgehead atoms. The molecule has 1 aromatic heterocycles. The molecular weight excluding hydrogens is 276 g/mol. The van der Waals surface area contributed by atoms with Crippen LogP contribution in [0.15, 0.2) is 16.7 Å². The Balaban J connectivity index is 2.42. The molecule has 1 aromatic rings. The summed E-state index contributed by atoms with van der Waals surface area (Å²) in [5.74, 6) is 0.0103. The first-order chi connectivity index (χ1) is 7.63. The Morgan fingerprint density at radius 1 is 1.62 bits per heavy atom. The summed E-state index contributed by atoms with van der Waals surface area (Å²) in [6.07, 6.45) is 1.60. The molecule has 0 radical (unpaired) electrons. The Kier molecular flexibility index (Phi) is 5.21. The molecule has 0 aliphatic heterocycles. The maximum absolute atomic E-state index is 11.0. The molecule has 0 fully saturated rings. The molecule has 0 atom stereocenters. The van der Waals surface area contributed by atoms with Gasteiger partial charge < -0.3 is 15.2 Å². The van der Waals surface area contributed by atoms with Crippen molar-refractivity contribution in [2.75, 3.05) is 18.9 Å². The van der Waals surface area contributed by atoms with Gasteiger partial charge in [0, 0.05) is 16.2 Å². The molecule has 16 heavy (non-hydrogen) atoms. The summed E-state index contributed by atoms with van der Waals surface area (Å²) >= 11 is 3.28. The van der Waals surface area contributed by atoms with Gasteiger partial charge in [0.2, 0.25) is 0 Å². The van der Waals surface area contributed by atoms with Gasteiger partial charge in [0.05, 0.1) is 13.2 Å². The van der Waals surface area contributed by atoms with Crippen LogP contribution in [0.1, 0.15) is 12.5 Å². The van der Waals surface area contributed by atoms with E-state index in [1.54, 1.807) is 19.2 Å². The highest BCUT2D eigenvalue weighted by molar-refractivity contribution is 9.10. The predicted molar refractivity (Wildman–Crippen MR) is 62.6 cm³/mol. The summed E-state index contributed by atoms with van der Waals surface area (Å²) in [5.41, 5.74) is 6.37. The largest absolute Gasteiger partial charge is 0.464 e. The molecular formula is C10H13BrN2O3. The fourth-order valence-corrected chi connectivity index (χ4v) is 1.43. The lowest BCUT2D eigenvalue weighted by molar-refractivity contribution is -0.148. The third-order valence-electron chi connectivity index (χ3n) is 1.75. The number of pyridine rings is 1. The van der Waals surface area contributed by atoms with E-state index in [0.29, 0.717) is 12.4 Å². The average Bonchev–Trinajstić information content (AvgIpc) is 2.23. The second-order valence-electron chi connectivity index (χ2n) is 3.00. The lowest BCUT2D eigenvalue weighted by atomic mass is 10.3. The van der Waals surface area contributed by atoms with Crippen LogP contribution < -0.4 is 5.73 Å². The van der Waals surface area contributed by atoms with Crippen molar-refractivity contribution in [1.29, 1.82) is 0 Å². The minimum absolute atomic E-state index is 0.0835. The minimum Gasteiger partial charge on any atom is -0.464 e. The van der Waals surface area contributed by atoms with E-state index in [-0.39, 0.29) is 19.2 Å². The lowest BCUT2D eigenvalue weighted by Gasteiger charge is -2.06. The van der Waals surface area contributed by atoms with Crippen molar-refractivity contribution in [2.45, 2.75) is 13.5 Å². The Labute approximate surface area is 102 Å². The maximum atomic E-state index is 11.0. The van der Waals surface area contributed by atoms with Crippen LogP contribution in [-0.4, -0.2) is 24.2 Å². The van der Waals surface area contributed by atoms with Gasteiger partial charge >= 0.3 is 5.97 Å². The van der Waals surface area contributed by atoms with Gasteiger partial charge in [-0.15, -0.1) is 0 Å². The lowest BCUT2D eigenvalue weighted by Crippen LogP contribution is -2.12. The van der Waals surface area contributed by atoms with Crippen molar-refractivity contribution in [3.05, 3.63) is 22.3 Å². The standard InChI is InChI=1S/C10H13BrN2O3/c1-2-16-9(14)6-15-5-7-3-8(11)4-13-10(7)12/h3-4H,2,5-6H2,1H3,(H2,12,13). The van der Waals surface area contributed by atoms with Gasteiger partial charge in [0.1, 0.15) is 12.4 Å². The summed E-state index contributed by atoms with van der Waals surface area (Å²) in [6, 6.07) is 1.80. The SMILES string of the molecule is CCOC(=O)COCc1cc(Br)cnc1N. The van der Waals surface area contributed by atoms with Gasteiger partial charge in [0.15, 0.2) is 0 Å². The van der Waals surface area contributed by atoms with Gasteiger partial charge in [-0.1, -0.05) is 0 Å². The first kappa shape index (κ1) is 12.9. The molecule has 0 amide bonds. The normalized spacial score (nSPS) is 10.1. The molecule has 2 N–H and O–H groups in total. The van der Waals surface area contributed by atoms with Crippen LogP contribution in [0.4, 0.5) is 5.82 Å². The number of esters is 1. The fourth-order valence-electron chi connectivity index (χ4n) is 1.05. The van der Waals surface area contributed by atoms with Crippen LogP contribution in [0, 0.1) is 0 Å². The van der Waals surface area contributed by atoms with Gasteiger partial charge in [-0.3, -0.25) is 0 Å². The van der Waals surface area contributed by atoms with E-state index in [0.717, 1.165) is 10.0 Å². The number of carbonyl (C=O) groups excluding carboxylic acids is 1. The topological polar surface area (TPSA) is 74.4 Å². The van der Waals surface area contributed by atoms with E-state index in [9.17, 15) is 4.79 Å². The summed E-state index contributed by atoms with van der Waals surface area (Å²) in [7, 11) is 0. The summed E-state index contributed by atoms with van der Waals surface area (Å²) in [4.78, 5) is 14.9. The average molecular weight is 289 g/mol. The molecule has 6 heteroatoms. The van der Waals surface area contributed by atoms with E-state index in [2.05, 4.69) is 20.9 Å². The first-order valence-electron chi connectivity index (χ1n) is 4.76. The summed E-state index contributed by atoms with van der Waals surface area (Å²) in [5, 5.41) is 0. The molecule has 0 spiro atoms. The van der Waals surface area contributed by atoms with Crippen LogP contribution >= 0.6 is 15.9 Å². The van der Waals surface area contributed by atoms with E-state index >= 15 is 0 Å². The van der Waals surface area contributed by atoms with Gasteiger partial charge in [-0.25, -0.2) is 9.78 Å². The third-order valence-corrected chi connectivity index (χ3v) is 2.18. The molecule has 0 saturated heterocycles. The zero-order valence-electron chi connectivity index (χ0n) is 8.90. The number of carbonyl (C=O) groups is 1. The molecule has 1 rings (SSSR count). The minimum atomic E-state index is -0.385. The zero-order chi connectivity index (χ0) is 12.0. The third kappa shape index (κ3) is 4.16. The van der Waals surface area contributed by atoms with E-state index in [1.165, 1.54) is 0 Å². The van der Waals surface area contributed by atoms with Crippen molar-refractivity contribution < 1.29 is 14.3 Å². The number of aromatic nitrogens is 1. The molecule has 0 aromatic carbocycles. The predicted octanol–water partition coefficient (Wildman–Crippen LogP) is 1.51. The van der Waals surface area contributed by atoms with Crippen LogP contribution in [0.25, 0.3) is 0 Å². The second kappa shape index (κ2) is 6.44. The van der Waals surface area contributed by atoms with Gasteiger partial charge in [0.25, 0.3) is 0 Å². The molecule has 1 heterocycles. The van der Waals surface area contributed by atoms with Crippen LogP contribution in [0.2, 0.25) is 0 Å². The summed E-state index contributed by atoms with van der Waals surface area (Å²) in [6.45, 7) is 2.24. The highest BCUT2D eigenvalue weighted by Gasteiger charge is 2.05. The Bertz CT molecular complexity index is 371. The number of nitrogen functional groups attached to an aromatic ring is 1. The highest BCUT2D eigenvalue weighted by atomic mass is 79.9. The van der Waals surface area contributed by atoms with Gasteiger partial charge in [-0.05, 0) is 28.9 Å². The number of halogens is 1. The highest BCUT2D eigenvalue weighted by Crippen LogP contribution is 2.16. The number of anilines is 1. The number of hydrogen-bond acceptors (Lipinski definition) is 5. The van der Waals surface area contributed by atoms with Crippen LogP contribution in [0.5, 0.6) is 0 Å². The van der Waals surface area contributed by atoms with Crippen molar-refractivity contribution >= 4 is 27.7 Å². The monoisotopic (exact) mass is 288 g/mol. The smallest absolute Gasteiger partial charge is 0.332 e. The number of hydrogen-bond donors (Lipinski definition) is 1. The Morgan fingerprint density at radius 3 is 3.06 bits per heavy atom. The van der Waals surface area contributed by atoms with E-state index in [1.807, 2.05) is 0 Å². The Hall–Kier alpha value is -1.14. The van der Waals surface area contributed by atoms with Crippen LogP contribution in [-0.2, 0) is 20.9 Å².